The molecule has 0 aliphatic carbocycles. The molecule has 7 heteroatoms. The summed E-state index contributed by atoms with van der Waals surface area (Å²) in [6.07, 6.45) is 6.16. The van der Waals surface area contributed by atoms with Crippen LogP contribution in [0.25, 0.3) is 0 Å². The predicted octanol–water partition coefficient (Wildman–Crippen LogP) is 1.22. The summed E-state index contributed by atoms with van der Waals surface area (Å²) in [5.74, 6) is 0.870. The van der Waals surface area contributed by atoms with Crippen LogP contribution in [-0.4, -0.2) is 59.2 Å². The molecule has 1 amide bonds. The number of halogens is 1. The molecule has 0 bridgehead atoms. The predicted molar refractivity (Wildman–Crippen MR) is 81.4 cm³/mol. The summed E-state index contributed by atoms with van der Waals surface area (Å²) in [6, 6.07) is 0. The molecule has 3 aliphatic heterocycles. The Morgan fingerprint density at radius 2 is 2.13 bits per heavy atom. The third-order valence-corrected chi connectivity index (χ3v) is 5.13. The molecule has 3 saturated heterocycles. The molecule has 6 nitrogen and oxygen atoms in total. The Hall–Kier alpha value is -1.76. The van der Waals surface area contributed by atoms with Gasteiger partial charge in [-0.25, -0.2) is 14.4 Å². The lowest BCUT2D eigenvalue weighted by Gasteiger charge is -2.52. The third kappa shape index (κ3) is 2.89. The van der Waals surface area contributed by atoms with Gasteiger partial charge in [0.15, 0.2) is 5.82 Å². The van der Waals surface area contributed by atoms with Gasteiger partial charge in [0.25, 0.3) is 0 Å². The van der Waals surface area contributed by atoms with Crippen LogP contribution in [0.3, 0.4) is 0 Å². The van der Waals surface area contributed by atoms with E-state index in [-0.39, 0.29) is 11.5 Å². The molecular formula is C16H21FN4O2. The van der Waals surface area contributed by atoms with Gasteiger partial charge in [-0.2, -0.15) is 0 Å². The molecule has 1 atom stereocenters. The van der Waals surface area contributed by atoms with E-state index in [1.54, 1.807) is 0 Å². The molecule has 23 heavy (non-hydrogen) atoms. The monoisotopic (exact) mass is 320 g/mol. The van der Waals surface area contributed by atoms with Crippen molar-refractivity contribution in [3.8, 4) is 0 Å². The minimum atomic E-state index is -0.419. The molecule has 0 saturated carbocycles. The molecule has 4 rings (SSSR count). The number of nitrogens with zero attached hydrogens (tertiary/aromatic N) is 4. The molecular weight excluding hydrogens is 299 g/mol. The number of carbonyl (C=O) groups is 1. The summed E-state index contributed by atoms with van der Waals surface area (Å²) in [7, 11) is 0. The van der Waals surface area contributed by atoms with Crippen LogP contribution in [0.4, 0.5) is 10.3 Å². The first-order valence-electron chi connectivity index (χ1n) is 8.28. The fraction of sp³-hybridized carbons (Fsp3) is 0.688. The number of aromatic nitrogens is 2. The fourth-order valence-electron chi connectivity index (χ4n) is 3.78. The molecule has 3 fully saturated rings. The van der Waals surface area contributed by atoms with Crippen molar-refractivity contribution in [3.63, 3.8) is 0 Å². The van der Waals surface area contributed by atoms with Crippen molar-refractivity contribution in [2.24, 2.45) is 5.92 Å². The Morgan fingerprint density at radius 3 is 2.74 bits per heavy atom. The molecule has 1 spiro atoms. The van der Waals surface area contributed by atoms with Gasteiger partial charge >= 0.3 is 0 Å². The first kappa shape index (κ1) is 14.8. The lowest BCUT2D eigenvalue weighted by Crippen LogP contribution is -2.65. The number of anilines is 1. The number of rotatable bonds is 3. The van der Waals surface area contributed by atoms with Crippen LogP contribution in [0.1, 0.15) is 25.7 Å². The summed E-state index contributed by atoms with van der Waals surface area (Å²) in [4.78, 5) is 23.7. The van der Waals surface area contributed by atoms with Crippen molar-refractivity contribution >= 4 is 11.9 Å². The van der Waals surface area contributed by atoms with Crippen LogP contribution < -0.4 is 4.90 Å². The van der Waals surface area contributed by atoms with Crippen LogP contribution >= 0.6 is 0 Å². The molecule has 0 N–H and O–H groups in total. The van der Waals surface area contributed by atoms with Crippen LogP contribution in [0.15, 0.2) is 12.4 Å². The van der Waals surface area contributed by atoms with Gasteiger partial charge < -0.3 is 14.5 Å². The Labute approximate surface area is 134 Å². The Kier molecular flexibility index (Phi) is 3.67. The molecule has 0 aromatic carbocycles. The van der Waals surface area contributed by atoms with Gasteiger partial charge in [0.1, 0.15) is 5.60 Å². The highest BCUT2D eigenvalue weighted by Crippen LogP contribution is 2.37. The van der Waals surface area contributed by atoms with Gasteiger partial charge in [0.2, 0.25) is 11.9 Å². The van der Waals surface area contributed by atoms with E-state index in [0.717, 1.165) is 45.4 Å². The summed E-state index contributed by atoms with van der Waals surface area (Å²) in [5.41, 5.74) is -0.108. The fourth-order valence-corrected chi connectivity index (χ4v) is 3.78. The minimum absolute atomic E-state index is 0.108. The first-order valence-corrected chi connectivity index (χ1v) is 8.28. The highest BCUT2D eigenvalue weighted by atomic mass is 19.1. The Balaban J connectivity index is 1.27. The van der Waals surface area contributed by atoms with Crippen LogP contribution in [0.2, 0.25) is 0 Å². The topological polar surface area (TPSA) is 58.6 Å². The largest absolute Gasteiger partial charge is 0.371 e. The lowest BCUT2D eigenvalue weighted by molar-refractivity contribution is -0.134. The average Bonchev–Trinajstić information content (AvgIpc) is 2.92. The molecule has 1 aromatic heterocycles. The number of likely N-dealkylation sites (tertiary alicyclic amines) is 1. The second-order valence-electron chi connectivity index (χ2n) is 6.90. The van der Waals surface area contributed by atoms with E-state index in [2.05, 4.69) is 9.97 Å². The van der Waals surface area contributed by atoms with E-state index >= 15 is 0 Å². The second-order valence-corrected chi connectivity index (χ2v) is 6.90. The summed E-state index contributed by atoms with van der Waals surface area (Å²) < 4.78 is 19.0. The van der Waals surface area contributed by atoms with Crippen molar-refractivity contribution in [1.82, 2.24) is 14.9 Å². The minimum Gasteiger partial charge on any atom is -0.371 e. The average molecular weight is 320 g/mol. The highest BCUT2D eigenvalue weighted by Gasteiger charge is 2.47. The van der Waals surface area contributed by atoms with E-state index in [9.17, 15) is 9.18 Å². The maximum Gasteiger partial charge on any atom is 0.225 e. The van der Waals surface area contributed by atoms with Crippen molar-refractivity contribution < 1.29 is 13.9 Å². The third-order valence-electron chi connectivity index (χ3n) is 5.13. The van der Waals surface area contributed by atoms with E-state index in [1.807, 2.05) is 9.80 Å². The van der Waals surface area contributed by atoms with Gasteiger partial charge in [-0.05, 0) is 19.3 Å². The molecule has 124 valence electrons. The van der Waals surface area contributed by atoms with Gasteiger partial charge in [-0.1, -0.05) is 0 Å². The summed E-state index contributed by atoms with van der Waals surface area (Å²) in [6.45, 7) is 3.96. The second kappa shape index (κ2) is 5.70. The number of ether oxygens (including phenoxy) is 1. The summed E-state index contributed by atoms with van der Waals surface area (Å²) >= 11 is 0. The molecule has 3 aliphatic rings. The van der Waals surface area contributed by atoms with Gasteiger partial charge in [0.05, 0.1) is 32.1 Å². The zero-order chi connectivity index (χ0) is 15.9. The van der Waals surface area contributed by atoms with Crippen molar-refractivity contribution in [1.29, 1.82) is 0 Å². The standard InChI is InChI=1S/C16H21FN4O2/c17-13-6-18-15(19-7-13)21-10-16(11-21)4-3-12(9-23-16)8-20-5-1-2-14(20)22/h6-7,12H,1-5,8-11H2/t12-/m0/s1. The van der Waals surface area contributed by atoms with Gasteiger partial charge in [-0.3, -0.25) is 4.79 Å². The molecule has 4 heterocycles. The van der Waals surface area contributed by atoms with Crippen LogP contribution in [0, 0.1) is 11.7 Å². The Morgan fingerprint density at radius 1 is 1.35 bits per heavy atom. The van der Waals surface area contributed by atoms with Crippen LogP contribution in [-0.2, 0) is 9.53 Å². The SMILES string of the molecule is O=C1CCCN1C[C@@H]1CCC2(CN(c3ncc(F)cn3)C2)OC1. The van der Waals surface area contributed by atoms with Gasteiger partial charge in [-0.15, -0.1) is 0 Å². The number of hydrogen-bond donors (Lipinski definition) is 0. The number of hydrogen-bond acceptors (Lipinski definition) is 5. The quantitative estimate of drug-likeness (QED) is 0.838. The number of carbonyl (C=O) groups excluding carboxylic acids is 1. The Bertz CT molecular complexity index is 578. The molecule has 0 radical (unpaired) electrons. The van der Waals surface area contributed by atoms with E-state index in [4.69, 9.17) is 4.74 Å². The molecule has 1 aromatic rings. The van der Waals surface area contributed by atoms with E-state index in [0.29, 0.717) is 24.9 Å². The number of amides is 1. The maximum atomic E-state index is 12.9. The smallest absolute Gasteiger partial charge is 0.225 e. The van der Waals surface area contributed by atoms with E-state index in [1.165, 1.54) is 12.4 Å². The van der Waals surface area contributed by atoms with E-state index < -0.39 is 5.82 Å². The first-order chi connectivity index (χ1) is 11.1. The zero-order valence-corrected chi connectivity index (χ0v) is 13.1. The van der Waals surface area contributed by atoms with Crippen molar-refractivity contribution in [3.05, 3.63) is 18.2 Å². The van der Waals surface area contributed by atoms with Crippen molar-refractivity contribution in [2.75, 3.05) is 37.7 Å². The van der Waals surface area contributed by atoms with Gasteiger partial charge in [0, 0.05) is 25.4 Å². The highest BCUT2D eigenvalue weighted by molar-refractivity contribution is 5.78. The van der Waals surface area contributed by atoms with Crippen molar-refractivity contribution in [2.45, 2.75) is 31.3 Å². The lowest BCUT2D eigenvalue weighted by atomic mass is 9.83. The molecule has 0 unspecified atom stereocenters. The summed E-state index contributed by atoms with van der Waals surface area (Å²) in [5, 5.41) is 0. The zero-order valence-electron chi connectivity index (χ0n) is 13.1. The maximum absolute atomic E-state index is 12.9. The normalized spacial score (nSPS) is 26.7. The van der Waals surface area contributed by atoms with Crippen LogP contribution in [0.5, 0.6) is 0 Å².